The Labute approximate surface area is 195 Å². The first-order valence-corrected chi connectivity index (χ1v) is 11.6. The molecule has 0 aromatic heterocycles. The lowest BCUT2D eigenvalue weighted by atomic mass is 9.80. The fourth-order valence-electron chi connectivity index (χ4n) is 4.42. The van der Waals surface area contributed by atoms with Crippen LogP contribution in [0, 0.1) is 5.92 Å². The van der Waals surface area contributed by atoms with Gasteiger partial charge < -0.3 is 11.1 Å². The van der Waals surface area contributed by atoms with Crippen LogP contribution in [-0.2, 0) is 28.4 Å². The molecule has 1 unspecified atom stereocenters. The van der Waals surface area contributed by atoms with Crippen LogP contribution in [0.2, 0.25) is 0 Å². The third kappa shape index (κ3) is 8.92. The van der Waals surface area contributed by atoms with Gasteiger partial charge in [0.25, 0.3) is 0 Å². The van der Waals surface area contributed by atoms with E-state index < -0.39 is 41.2 Å². The maximum Gasteiger partial charge on any atom is 0.416 e. The summed E-state index contributed by atoms with van der Waals surface area (Å²) in [6.45, 7) is 2.16. The van der Waals surface area contributed by atoms with Crippen LogP contribution in [0.3, 0.4) is 0 Å². The number of carbonyl (C=O) groups is 2. The van der Waals surface area contributed by atoms with E-state index in [1.54, 1.807) is 0 Å². The van der Waals surface area contributed by atoms with Crippen LogP contribution in [-0.4, -0.2) is 23.8 Å². The number of benzene rings is 1. The third-order valence-corrected chi connectivity index (χ3v) is 6.38. The predicted molar refractivity (Wildman–Crippen MR) is 116 cm³/mol. The van der Waals surface area contributed by atoms with Gasteiger partial charge in [0.2, 0.25) is 5.91 Å². The fraction of sp³-hybridized carbons (Fsp3) is 0.667. The number of alkyl halides is 6. The Hall–Kier alpha value is -2.10. The van der Waals surface area contributed by atoms with Crippen molar-refractivity contribution in [1.82, 2.24) is 5.32 Å². The van der Waals surface area contributed by atoms with Gasteiger partial charge in [-0.15, -0.1) is 0 Å². The molecule has 34 heavy (non-hydrogen) atoms. The first kappa shape index (κ1) is 28.1. The number of ketones is 1. The molecule has 0 radical (unpaired) electrons. The molecule has 1 aliphatic carbocycles. The average molecular weight is 495 g/mol. The summed E-state index contributed by atoms with van der Waals surface area (Å²) < 4.78 is 78.1. The first-order chi connectivity index (χ1) is 15.7. The Morgan fingerprint density at radius 3 is 2.06 bits per heavy atom. The maximum absolute atomic E-state index is 13.0. The third-order valence-electron chi connectivity index (χ3n) is 6.38. The molecule has 1 amide bonds. The van der Waals surface area contributed by atoms with Crippen LogP contribution >= 0.6 is 0 Å². The number of hydrogen-bond donors (Lipinski definition) is 2. The number of carbonyl (C=O) groups excluding carboxylic acids is 2. The largest absolute Gasteiger partial charge is 0.416 e. The van der Waals surface area contributed by atoms with Gasteiger partial charge in [-0.25, -0.2) is 0 Å². The van der Waals surface area contributed by atoms with Crippen LogP contribution in [0.15, 0.2) is 18.2 Å². The van der Waals surface area contributed by atoms with Crippen molar-refractivity contribution < 1.29 is 35.9 Å². The van der Waals surface area contributed by atoms with E-state index in [1.165, 1.54) is 0 Å². The zero-order valence-electron chi connectivity index (χ0n) is 19.2. The predicted octanol–water partition coefficient (Wildman–Crippen LogP) is 5.81. The minimum Gasteiger partial charge on any atom is -0.356 e. The summed E-state index contributed by atoms with van der Waals surface area (Å²) >= 11 is 0. The summed E-state index contributed by atoms with van der Waals surface area (Å²) in [7, 11) is 0. The van der Waals surface area contributed by atoms with Gasteiger partial charge in [0.1, 0.15) is 5.78 Å². The summed E-state index contributed by atoms with van der Waals surface area (Å²) in [5.74, 6) is -0.759. The minimum absolute atomic E-state index is 0.00476. The van der Waals surface area contributed by atoms with E-state index in [2.05, 4.69) is 5.32 Å². The van der Waals surface area contributed by atoms with Gasteiger partial charge in [-0.1, -0.05) is 32.6 Å². The molecule has 0 heterocycles. The molecular weight excluding hydrogens is 462 g/mol. The van der Waals surface area contributed by atoms with E-state index in [-0.39, 0.29) is 36.3 Å². The molecule has 0 aliphatic heterocycles. The number of Topliss-reactive ketones (excluding diaryl/α,β-unsaturated/α-hetero) is 1. The molecule has 1 atom stereocenters. The van der Waals surface area contributed by atoms with Crippen LogP contribution in [0.5, 0.6) is 0 Å². The molecule has 10 heteroatoms. The number of halogens is 6. The molecule has 1 saturated carbocycles. The molecule has 4 nitrogen and oxygen atoms in total. The molecule has 1 aromatic carbocycles. The highest BCUT2D eigenvalue weighted by Crippen LogP contribution is 2.36. The maximum atomic E-state index is 13.0. The number of hydrogen-bond acceptors (Lipinski definition) is 3. The van der Waals surface area contributed by atoms with Gasteiger partial charge in [-0.3, -0.25) is 9.59 Å². The lowest BCUT2D eigenvalue weighted by molar-refractivity contribution is -0.143. The monoisotopic (exact) mass is 494 g/mol. The lowest BCUT2D eigenvalue weighted by Gasteiger charge is -2.32. The van der Waals surface area contributed by atoms with E-state index >= 15 is 0 Å². The number of amides is 1. The molecule has 192 valence electrons. The van der Waals surface area contributed by atoms with Crippen molar-refractivity contribution in [2.45, 2.75) is 89.0 Å². The second-order valence-electron chi connectivity index (χ2n) is 9.35. The molecule has 0 bridgehead atoms. The summed E-state index contributed by atoms with van der Waals surface area (Å²) in [6, 6.07) is 1.22. The molecule has 1 fully saturated rings. The molecule has 1 aliphatic rings. The number of nitrogens with one attached hydrogen (secondary N) is 1. The average Bonchev–Trinajstić information content (AvgIpc) is 2.71. The highest BCUT2D eigenvalue weighted by Gasteiger charge is 2.37. The first-order valence-electron chi connectivity index (χ1n) is 11.6. The van der Waals surface area contributed by atoms with E-state index in [0.29, 0.717) is 31.5 Å². The van der Waals surface area contributed by atoms with Crippen molar-refractivity contribution in [1.29, 1.82) is 0 Å². The van der Waals surface area contributed by atoms with E-state index in [9.17, 15) is 35.9 Å². The normalized spacial score (nSPS) is 17.3. The molecule has 3 N–H and O–H groups in total. The van der Waals surface area contributed by atoms with Crippen LogP contribution in [0.1, 0.15) is 81.4 Å². The molecule has 0 spiro atoms. The second kappa shape index (κ2) is 11.6. The summed E-state index contributed by atoms with van der Waals surface area (Å²) in [5.41, 5.74) is 2.61. The lowest BCUT2D eigenvalue weighted by Crippen LogP contribution is -2.46. The zero-order chi connectivity index (χ0) is 25.6. The quantitative estimate of drug-likeness (QED) is 0.403. The van der Waals surface area contributed by atoms with Crippen molar-refractivity contribution in [3.05, 3.63) is 34.9 Å². The van der Waals surface area contributed by atoms with Crippen molar-refractivity contribution in [3.8, 4) is 0 Å². The zero-order valence-corrected chi connectivity index (χ0v) is 19.2. The number of rotatable bonds is 10. The van der Waals surface area contributed by atoms with Crippen molar-refractivity contribution in [2.75, 3.05) is 6.54 Å². The second-order valence-corrected chi connectivity index (χ2v) is 9.35. The Bertz CT molecular complexity index is 813. The minimum atomic E-state index is -4.96. The van der Waals surface area contributed by atoms with Gasteiger partial charge in [-0.2, -0.15) is 26.3 Å². The van der Waals surface area contributed by atoms with Gasteiger partial charge in [0, 0.05) is 31.3 Å². The summed E-state index contributed by atoms with van der Waals surface area (Å²) in [6.07, 6.45) is -4.41. The molecule has 2 rings (SSSR count). The van der Waals surface area contributed by atoms with Crippen molar-refractivity contribution in [2.24, 2.45) is 11.7 Å². The van der Waals surface area contributed by atoms with Gasteiger partial charge in [0.15, 0.2) is 0 Å². The highest BCUT2D eigenvalue weighted by molar-refractivity contribution is 5.81. The molecule has 1 aromatic rings. The molecular formula is C24H32F6N2O2. The smallest absolute Gasteiger partial charge is 0.356 e. The molecule has 0 saturated heterocycles. The van der Waals surface area contributed by atoms with E-state index in [1.807, 2.05) is 6.92 Å². The van der Waals surface area contributed by atoms with Crippen molar-refractivity contribution in [3.63, 3.8) is 0 Å². The van der Waals surface area contributed by atoms with E-state index in [4.69, 9.17) is 5.73 Å². The van der Waals surface area contributed by atoms with E-state index in [0.717, 1.165) is 32.1 Å². The van der Waals surface area contributed by atoms with Crippen LogP contribution in [0.4, 0.5) is 26.3 Å². The Kier molecular flexibility index (Phi) is 9.56. The topological polar surface area (TPSA) is 72.2 Å². The van der Waals surface area contributed by atoms with Gasteiger partial charge in [0.05, 0.1) is 11.1 Å². The highest BCUT2D eigenvalue weighted by atomic mass is 19.4. The van der Waals surface area contributed by atoms with Gasteiger partial charge in [-0.05, 0) is 48.9 Å². The standard InChI is InChI=1S/C24H32F6N2O2/c1-2-16(6-9-32-21(34)15-22(31)7-4-3-5-8-22)12-20(33)13-17-10-18(23(25,26)27)14-19(11-17)24(28,29)30/h10-11,14,16H,2-9,12-13,15,31H2,1H3,(H,32,34). The fourth-order valence-corrected chi connectivity index (χ4v) is 4.42. The Morgan fingerprint density at radius 2 is 1.56 bits per heavy atom. The summed E-state index contributed by atoms with van der Waals surface area (Å²) in [5, 5.41) is 2.81. The Balaban J connectivity index is 1.90. The van der Waals surface area contributed by atoms with Crippen LogP contribution in [0.25, 0.3) is 0 Å². The van der Waals surface area contributed by atoms with Crippen LogP contribution < -0.4 is 11.1 Å². The van der Waals surface area contributed by atoms with Gasteiger partial charge >= 0.3 is 12.4 Å². The van der Waals surface area contributed by atoms with Crippen molar-refractivity contribution >= 4 is 11.7 Å². The summed E-state index contributed by atoms with van der Waals surface area (Å²) in [4.78, 5) is 24.7. The Morgan fingerprint density at radius 1 is 1.00 bits per heavy atom. The number of nitrogens with two attached hydrogens (primary N) is 1. The SMILES string of the molecule is CCC(CCNC(=O)CC1(N)CCCCC1)CC(=O)Cc1cc(C(F)(F)F)cc(C(F)(F)F)c1.